The highest BCUT2D eigenvalue weighted by Gasteiger charge is 2.38. The van der Waals surface area contributed by atoms with Gasteiger partial charge in [0, 0.05) is 38.8 Å². The van der Waals surface area contributed by atoms with Crippen LogP contribution in [0.5, 0.6) is 0 Å². The van der Waals surface area contributed by atoms with Crippen LogP contribution in [0.1, 0.15) is 25.0 Å². The van der Waals surface area contributed by atoms with E-state index in [1.165, 1.54) is 99.0 Å². The average Bonchev–Trinajstić information content (AvgIpc) is 3.85. The monoisotopic (exact) mass is 854 g/mol. The van der Waals surface area contributed by atoms with Crippen molar-refractivity contribution < 1.29 is 0 Å². The zero-order chi connectivity index (χ0) is 44.6. The van der Waals surface area contributed by atoms with E-state index in [2.05, 4.69) is 266 Å². The lowest BCUT2D eigenvalue weighted by Crippen LogP contribution is -2.17. The van der Waals surface area contributed by atoms with Gasteiger partial charge in [-0.2, -0.15) is 0 Å². The molecule has 1 aliphatic carbocycles. The molecule has 1 aromatic heterocycles. The highest BCUT2D eigenvalue weighted by Crippen LogP contribution is 2.54. The largest absolute Gasteiger partial charge is 0.310 e. The molecule has 0 atom stereocenters. The second-order valence-electron chi connectivity index (χ2n) is 18.5. The molecule has 13 rings (SSSR count). The van der Waals surface area contributed by atoms with Crippen LogP contribution in [0.25, 0.3) is 93.5 Å². The summed E-state index contributed by atoms with van der Waals surface area (Å²) in [5, 5.41) is 7.58. The SMILES string of the molecule is CC1(C)c2ccccc2-c2cccc(-c3ccccc3N(c3ccc(-c4ccc5c6ccccc6n(-c6ccccc6)c5c4)cc3)c3ccc(-c4cccc5c4ccc4ccccc45)cc3)c21. The van der Waals surface area contributed by atoms with E-state index in [0.717, 1.165) is 22.7 Å². The number of para-hydroxylation sites is 3. The fraction of sp³-hybridized carbons (Fsp3) is 0.0462. The predicted octanol–water partition coefficient (Wildman–Crippen LogP) is 17.9. The molecule has 0 bridgehead atoms. The zero-order valence-electron chi connectivity index (χ0n) is 37.5. The molecular weight excluding hydrogens is 809 g/mol. The Kier molecular flexibility index (Phi) is 8.91. The first-order valence-corrected chi connectivity index (χ1v) is 23.3. The van der Waals surface area contributed by atoms with Crippen LogP contribution >= 0.6 is 0 Å². The molecule has 1 aliphatic rings. The summed E-state index contributed by atoms with van der Waals surface area (Å²) in [5.74, 6) is 0. The summed E-state index contributed by atoms with van der Waals surface area (Å²) in [5.41, 5.74) is 19.4. The molecule has 0 saturated carbocycles. The summed E-state index contributed by atoms with van der Waals surface area (Å²) in [4.78, 5) is 2.45. The minimum absolute atomic E-state index is 0.166. The molecule has 2 heteroatoms. The van der Waals surface area contributed by atoms with Gasteiger partial charge in [0.15, 0.2) is 0 Å². The minimum atomic E-state index is -0.166. The molecule has 11 aromatic carbocycles. The first-order chi connectivity index (χ1) is 33.0. The maximum Gasteiger partial charge on any atom is 0.0547 e. The molecule has 0 unspecified atom stereocenters. The van der Waals surface area contributed by atoms with E-state index >= 15 is 0 Å². The van der Waals surface area contributed by atoms with Gasteiger partial charge in [0.05, 0.1) is 16.7 Å². The van der Waals surface area contributed by atoms with Gasteiger partial charge < -0.3 is 9.47 Å². The molecule has 0 saturated heterocycles. The molecule has 0 fully saturated rings. The van der Waals surface area contributed by atoms with Crippen LogP contribution < -0.4 is 4.90 Å². The van der Waals surface area contributed by atoms with Crippen molar-refractivity contribution in [1.29, 1.82) is 0 Å². The van der Waals surface area contributed by atoms with Crippen LogP contribution in [0.2, 0.25) is 0 Å². The standard InChI is InChI=1S/C65H46N2/c1-65(2)60-27-11-8-20-54(60)58-25-15-26-59(64(58)65)56-22-10-12-28-61(56)66(49-38-32-45(33-39-49)51-23-14-24-52-50-19-7-6-16-44(50)34-40-53(51)52)48-36-30-43(31-37-48)46-35-41-57-55-21-9-13-29-62(55)67(63(57)42-46)47-17-4-3-5-18-47/h3-42H,1-2H3. The van der Waals surface area contributed by atoms with Crippen molar-refractivity contribution in [3.05, 3.63) is 254 Å². The predicted molar refractivity (Wildman–Crippen MR) is 284 cm³/mol. The van der Waals surface area contributed by atoms with Gasteiger partial charge in [-0.15, -0.1) is 0 Å². The van der Waals surface area contributed by atoms with Crippen LogP contribution in [-0.4, -0.2) is 4.57 Å². The quantitative estimate of drug-likeness (QED) is 0.145. The topological polar surface area (TPSA) is 8.17 Å². The fourth-order valence-corrected chi connectivity index (χ4v) is 11.3. The molecule has 2 nitrogen and oxygen atoms in total. The van der Waals surface area contributed by atoms with Crippen molar-refractivity contribution in [2.24, 2.45) is 0 Å². The lowest BCUT2D eigenvalue weighted by Gasteiger charge is -2.30. The molecule has 1 heterocycles. The zero-order valence-corrected chi connectivity index (χ0v) is 37.5. The third-order valence-electron chi connectivity index (χ3n) is 14.4. The minimum Gasteiger partial charge on any atom is -0.310 e. The fourth-order valence-electron chi connectivity index (χ4n) is 11.3. The van der Waals surface area contributed by atoms with E-state index in [0.29, 0.717) is 0 Å². The number of nitrogens with zero attached hydrogens (tertiary/aromatic N) is 2. The molecule has 316 valence electrons. The van der Waals surface area contributed by atoms with Gasteiger partial charge in [0.25, 0.3) is 0 Å². The Balaban J connectivity index is 0.958. The van der Waals surface area contributed by atoms with Crippen molar-refractivity contribution in [1.82, 2.24) is 4.57 Å². The Hall–Kier alpha value is -8.46. The second kappa shape index (κ2) is 15.3. The molecule has 0 aliphatic heterocycles. The highest BCUT2D eigenvalue weighted by atomic mass is 15.1. The maximum atomic E-state index is 2.45. The van der Waals surface area contributed by atoms with E-state index in [1.54, 1.807) is 0 Å². The number of hydrogen-bond donors (Lipinski definition) is 0. The lowest BCUT2D eigenvalue weighted by molar-refractivity contribution is 0.662. The molecule has 0 radical (unpaired) electrons. The first-order valence-electron chi connectivity index (χ1n) is 23.3. The second-order valence-corrected chi connectivity index (χ2v) is 18.5. The van der Waals surface area contributed by atoms with Crippen LogP contribution in [0.3, 0.4) is 0 Å². The van der Waals surface area contributed by atoms with Gasteiger partial charge in [-0.05, 0) is 126 Å². The summed E-state index contributed by atoms with van der Waals surface area (Å²) in [6.07, 6.45) is 0. The Morgan fingerprint density at radius 3 is 1.70 bits per heavy atom. The van der Waals surface area contributed by atoms with Gasteiger partial charge in [-0.3, -0.25) is 0 Å². The Morgan fingerprint density at radius 1 is 0.343 bits per heavy atom. The van der Waals surface area contributed by atoms with Crippen molar-refractivity contribution in [2.45, 2.75) is 19.3 Å². The van der Waals surface area contributed by atoms with Gasteiger partial charge >= 0.3 is 0 Å². The lowest BCUT2D eigenvalue weighted by atomic mass is 9.78. The van der Waals surface area contributed by atoms with Crippen molar-refractivity contribution in [2.75, 3.05) is 4.90 Å². The number of benzene rings is 11. The molecule has 67 heavy (non-hydrogen) atoms. The molecule has 0 spiro atoms. The number of rotatable bonds is 7. The van der Waals surface area contributed by atoms with Crippen molar-refractivity contribution >= 4 is 60.4 Å². The van der Waals surface area contributed by atoms with Gasteiger partial charge in [0.1, 0.15) is 0 Å². The maximum absolute atomic E-state index is 2.45. The molecule has 0 amide bonds. The van der Waals surface area contributed by atoms with Crippen LogP contribution in [0.4, 0.5) is 17.1 Å². The highest BCUT2D eigenvalue weighted by molar-refractivity contribution is 6.12. The van der Waals surface area contributed by atoms with E-state index in [4.69, 9.17) is 0 Å². The Bertz CT molecular complexity index is 3870. The average molecular weight is 855 g/mol. The number of hydrogen-bond acceptors (Lipinski definition) is 1. The van der Waals surface area contributed by atoms with E-state index in [1.807, 2.05) is 0 Å². The summed E-state index contributed by atoms with van der Waals surface area (Å²) in [7, 11) is 0. The summed E-state index contributed by atoms with van der Waals surface area (Å²) >= 11 is 0. The van der Waals surface area contributed by atoms with Gasteiger partial charge in [0.2, 0.25) is 0 Å². The Labute approximate surface area is 391 Å². The van der Waals surface area contributed by atoms with Crippen LogP contribution in [0.15, 0.2) is 243 Å². The smallest absolute Gasteiger partial charge is 0.0547 e. The van der Waals surface area contributed by atoms with E-state index < -0.39 is 0 Å². The number of anilines is 3. The van der Waals surface area contributed by atoms with Gasteiger partial charge in [-0.1, -0.05) is 202 Å². The third-order valence-corrected chi connectivity index (χ3v) is 14.4. The summed E-state index contributed by atoms with van der Waals surface area (Å²) < 4.78 is 2.39. The third kappa shape index (κ3) is 6.18. The van der Waals surface area contributed by atoms with Crippen LogP contribution in [0, 0.1) is 0 Å². The van der Waals surface area contributed by atoms with Crippen molar-refractivity contribution in [3.8, 4) is 50.2 Å². The van der Waals surface area contributed by atoms with Crippen LogP contribution in [-0.2, 0) is 5.41 Å². The summed E-state index contributed by atoms with van der Waals surface area (Å²) in [6.45, 7) is 4.76. The summed E-state index contributed by atoms with van der Waals surface area (Å²) in [6, 6.07) is 89.4. The molecule has 12 aromatic rings. The normalized spacial score (nSPS) is 12.7. The van der Waals surface area contributed by atoms with Crippen molar-refractivity contribution in [3.63, 3.8) is 0 Å². The Morgan fingerprint density at radius 2 is 0.896 bits per heavy atom. The number of fused-ring (bicyclic) bond motifs is 9. The molecular formula is C65H46N2. The van der Waals surface area contributed by atoms with E-state index in [-0.39, 0.29) is 5.41 Å². The van der Waals surface area contributed by atoms with Gasteiger partial charge in [-0.25, -0.2) is 0 Å². The molecule has 0 N–H and O–H groups in total. The van der Waals surface area contributed by atoms with E-state index in [9.17, 15) is 0 Å². The number of aromatic nitrogens is 1. The first kappa shape index (κ1) is 39.0.